The highest BCUT2D eigenvalue weighted by Crippen LogP contribution is 2.54. The van der Waals surface area contributed by atoms with Crippen LogP contribution in [-0.4, -0.2) is 32.5 Å². The molecular weight excluding hydrogens is 484 g/mol. The van der Waals surface area contributed by atoms with Gasteiger partial charge in [0, 0.05) is 66.3 Å². The van der Waals surface area contributed by atoms with Crippen molar-refractivity contribution in [3.8, 4) is 0 Å². The summed E-state index contributed by atoms with van der Waals surface area (Å²) < 4.78 is 0. The number of Topliss-reactive ketones (excluding diaryl/α,β-unsaturated/α-hetero) is 2. The van der Waals surface area contributed by atoms with Crippen LogP contribution in [0.4, 0.5) is 0 Å². The Kier molecular flexibility index (Phi) is 7.27. The number of nitro groups is 2. The zero-order valence-electron chi connectivity index (χ0n) is 25.5. The molecule has 0 saturated heterocycles. The van der Waals surface area contributed by atoms with Crippen LogP contribution in [0.25, 0.3) is 0 Å². The summed E-state index contributed by atoms with van der Waals surface area (Å²) in [5.41, 5.74) is -6.65. The molecule has 210 valence electrons. The van der Waals surface area contributed by atoms with Crippen molar-refractivity contribution in [2.24, 2.45) is 21.7 Å². The summed E-state index contributed by atoms with van der Waals surface area (Å²) >= 11 is 0. The molecule has 0 heterocycles. The standard InChI is InChI=1S/C30H44N2O6/c1-17-21(23(33)19(25(3,4)5)15-29(17,31(35)36)27(9,10)11)22-18(2)30(32(37)38,28(12,13)14)16-20(24(22)34)26(6,7)8/h15-16H,1-14H3/t29-,30-/m0/s1. The van der Waals surface area contributed by atoms with Gasteiger partial charge in [-0.05, 0) is 24.7 Å². The van der Waals surface area contributed by atoms with Crippen LogP contribution < -0.4 is 0 Å². The van der Waals surface area contributed by atoms with Crippen molar-refractivity contribution in [3.05, 3.63) is 65.8 Å². The van der Waals surface area contributed by atoms with Gasteiger partial charge in [0.1, 0.15) is 0 Å². The van der Waals surface area contributed by atoms with Gasteiger partial charge in [0.25, 0.3) is 11.1 Å². The van der Waals surface area contributed by atoms with Crippen LogP contribution in [0, 0.1) is 41.9 Å². The lowest BCUT2D eigenvalue weighted by Gasteiger charge is -2.44. The molecule has 0 N–H and O–H groups in total. The highest BCUT2D eigenvalue weighted by Gasteiger charge is 2.62. The monoisotopic (exact) mass is 528 g/mol. The maximum atomic E-state index is 14.3. The van der Waals surface area contributed by atoms with Crippen molar-refractivity contribution in [1.29, 1.82) is 0 Å². The summed E-state index contributed by atoms with van der Waals surface area (Å²) in [4.78, 5) is 53.6. The third kappa shape index (κ3) is 4.30. The van der Waals surface area contributed by atoms with E-state index in [0.29, 0.717) is 0 Å². The molecule has 0 bridgehead atoms. The van der Waals surface area contributed by atoms with E-state index in [1.807, 2.05) is 0 Å². The molecule has 0 aromatic rings. The Hall–Kier alpha value is -2.90. The fraction of sp³-hybridized carbons (Fsp3) is 0.667. The van der Waals surface area contributed by atoms with Crippen LogP contribution in [0.1, 0.15) is 96.9 Å². The molecule has 2 atom stereocenters. The Morgan fingerprint density at radius 1 is 0.579 bits per heavy atom. The molecule has 2 rings (SSSR count). The molecule has 0 radical (unpaired) electrons. The van der Waals surface area contributed by atoms with Gasteiger partial charge in [-0.1, -0.05) is 83.1 Å². The summed E-state index contributed by atoms with van der Waals surface area (Å²) in [6.07, 6.45) is 2.89. The lowest BCUT2D eigenvalue weighted by atomic mass is 9.57. The number of nitrogens with zero attached hydrogens (tertiary/aromatic N) is 2. The molecule has 0 spiro atoms. The van der Waals surface area contributed by atoms with E-state index < -0.39 is 54.2 Å². The largest absolute Gasteiger partial charge is 0.289 e. The second kappa shape index (κ2) is 8.82. The molecular formula is C30H44N2O6. The van der Waals surface area contributed by atoms with Crippen LogP contribution in [0.15, 0.2) is 45.6 Å². The van der Waals surface area contributed by atoms with E-state index in [-0.39, 0.29) is 33.4 Å². The zero-order valence-corrected chi connectivity index (χ0v) is 25.5. The third-order valence-electron chi connectivity index (χ3n) is 8.27. The topological polar surface area (TPSA) is 120 Å². The van der Waals surface area contributed by atoms with Crippen molar-refractivity contribution in [3.63, 3.8) is 0 Å². The van der Waals surface area contributed by atoms with Crippen molar-refractivity contribution in [2.75, 3.05) is 0 Å². The normalized spacial score (nSPS) is 25.9. The molecule has 2 aliphatic rings. The van der Waals surface area contributed by atoms with Crippen LogP contribution in [0.3, 0.4) is 0 Å². The molecule has 8 nitrogen and oxygen atoms in total. The van der Waals surface area contributed by atoms with E-state index in [1.165, 1.54) is 26.0 Å². The predicted octanol–water partition coefficient (Wildman–Crippen LogP) is 6.85. The summed E-state index contributed by atoms with van der Waals surface area (Å²) in [7, 11) is 0. The highest BCUT2D eigenvalue weighted by molar-refractivity contribution is 6.25. The van der Waals surface area contributed by atoms with Gasteiger partial charge < -0.3 is 0 Å². The summed E-state index contributed by atoms with van der Waals surface area (Å²) in [6.45, 7) is 24.2. The first-order chi connectivity index (χ1) is 16.7. The van der Waals surface area contributed by atoms with Gasteiger partial charge in [-0.25, -0.2) is 0 Å². The predicted molar refractivity (Wildman–Crippen MR) is 149 cm³/mol. The number of rotatable bonds is 3. The fourth-order valence-corrected chi connectivity index (χ4v) is 5.96. The minimum atomic E-state index is -1.81. The smallest absolute Gasteiger partial charge is 0.267 e. The van der Waals surface area contributed by atoms with Gasteiger partial charge >= 0.3 is 0 Å². The van der Waals surface area contributed by atoms with E-state index in [1.54, 1.807) is 83.1 Å². The van der Waals surface area contributed by atoms with Crippen LogP contribution in [0.2, 0.25) is 0 Å². The minimum absolute atomic E-state index is 0.0862. The second-order valence-corrected chi connectivity index (χ2v) is 14.8. The van der Waals surface area contributed by atoms with Gasteiger partial charge in [-0.3, -0.25) is 29.8 Å². The average Bonchev–Trinajstić information content (AvgIpc) is 2.66. The number of hydrogen-bond acceptors (Lipinski definition) is 6. The molecule has 0 amide bonds. The first-order valence-corrected chi connectivity index (χ1v) is 13.0. The lowest BCUT2D eigenvalue weighted by molar-refractivity contribution is -0.563. The molecule has 0 aliphatic heterocycles. The van der Waals surface area contributed by atoms with Gasteiger partial charge in [0.15, 0.2) is 11.6 Å². The number of hydrogen-bond donors (Lipinski definition) is 0. The van der Waals surface area contributed by atoms with Crippen molar-refractivity contribution < 1.29 is 19.4 Å². The Bertz CT molecular complexity index is 1150. The zero-order chi connectivity index (χ0) is 30.2. The third-order valence-corrected chi connectivity index (χ3v) is 8.27. The van der Waals surface area contributed by atoms with Crippen LogP contribution in [-0.2, 0) is 9.59 Å². The number of carbonyl (C=O) groups excluding carboxylic acids is 2. The van der Waals surface area contributed by atoms with Crippen LogP contribution >= 0.6 is 0 Å². The molecule has 0 aromatic carbocycles. The lowest BCUT2D eigenvalue weighted by Crippen LogP contribution is -2.55. The van der Waals surface area contributed by atoms with E-state index in [4.69, 9.17) is 0 Å². The molecule has 38 heavy (non-hydrogen) atoms. The van der Waals surface area contributed by atoms with Crippen molar-refractivity contribution in [2.45, 2.75) is 108 Å². The fourth-order valence-electron chi connectivity index (χ4n) is 5.96. The number of carbonyl (C=O) groups is 2. The minimum Gasteiger partial charge on any atom is -0.289 e. The van der Waals surface area contributed by atoms with Crippen molar-refractivity contribution in [1.82, 2.24) is 0 Å². The van der Waals surface area contributed by atoms with Gasteiger partial charge in [-0.2, -0.15) is 0 Å². The molecule has 0 unspecified atom stereocenters. The van der Waals surface area contributed by atoms with E-state index in [2.05, 4.69) is 0 Å². The van der Waals surface area contributed by atoms with E-state index in [0.717, 1.165) is 0 Å². The molecule has 0 aromatic heterocycles. The van der Waals surface area contributed by atoms with E-state index >= 15 is 0 Å². The first kappa shape index (κ1) is 31.3. The molecule has 0 saturated carbocycles. The van der Waals surface area contributed by atoms with E-state index in [9.17, 15) is 29.8 Å². The summed E-state index contributed by atoms with van der Waals surface area (Å²) in [6, 6.07) is 0. The Morgan fingerprint density at radius 3 is 0.974 bits per heavy atom. The van der Waals surface area contributed by atoms with Gasteiger partial charge in [-0.15, -0.1) is 0 Å². The molecule has 0 fully saturated rings. The Balaban J connectivity index is 3.31. The average molecular weight is 529 g/mol. The number of ketones is 2. The van der Waals surface area contributed by atoms with Gasteiger partial charge in [0.2, 0.25) is 0 Å². The first-order valence-electron chi connectivity index (χ1n) is 13.0. The van der Waals surface area contributed by atoms with Gasteiger partial charge in [0.05, 0.1) is 0 Å². The maximum Gasteiger partial charge on any atom is 0.267 e. The van der Waals surface area contributed by atoms with Crippen molar-refractivity contribution >= 4 is 11.6 Å². The Morgan fingerprint density at radius 2 is 0.816 bits per heavy atom. The SMILES string of the molecule is CC1=C(C2=C(C)[C@]([N+](=O)[O-])(C(C)(C)C)C=C(C(C)(C)C)C2=O)C(=O)C(C(C)(C)C)=C[C@@]1([N+](=O)[O-])C(C)(C)C. The molecule has 8 heteroatoms. The quantitative estimate of drug-likeness (QED) is 0.292. The number of allylic oxidation sites excluding steroid dienone is 4. The molecule has 2 aliphatic carbocycles. The maximum absolute atomic E-state index is 14.3. The Labute approximate surface area is 226 Å². The van der Waals surface area contributed by atoms with Crippen LogP contribution in [0.5, 0.6) is 0 Å². The summed E-state index contributed by atoms with van der Waals surface area (Å²) in [5.74, 6) is -0.999. The second-order valence-electron chi connectivity index (χ2n) is 14.8. The highest BCUT2D eigenvalue weighted by atomic mass is 16.6. The summed E-state index contributed by atoms with van der Waals surface area (Å²) in [5, 5.41) is 25.8.